The summed E-state index contributed by atoms with van der Waals surface area (Å²) >= 11 is 0. The molecule has 1 aliphatic heterocycles. The lowest BCUT2D eigenvalue weighted by molar-refractivity contribution is -0.137. The van der Waals surface area contributed by atoms with Crippen LogP contribution in [0, 0.1) is 0 Å². The zero-order chi connectivity index (χ0) is 22.0. The fraction of sp³-hybridized carbons (Fsp3) is 0.333. The van der Waals surface area contributed by atoms with Crippen LogP contribution in [0.25, 0.3) is 0 Å². The SMILES string of the molecule is COc1cc(OC)cc(C2c3cccn3CCCN2Cc2cccc(C(F)(F)F)c2)c1. The van der Waals surface area contributed by atoms with Crippen LogP contribution >= 0.6 is 0 Å². The van der Waals surface area contributed by atoms with Crippen molar-refractivity contribution in [2.45, 2.75) is 31.7 Å². The number of benzene rings is 2. The van der Waals surface area contributed by atoms with Crippen molar-refractivity contribution in [1.29, 1.82) is 0 Å². The number of halogens is 3. The number of ether oxygens (including phenoxy) is 2. The van der Waals surface area contributed by atoms with Gasteiger partial charge in [-0.25, -0.2) is 0 Å². The number of methoxy groups -OCH3 is 2. The van der Waals surface area contributed by atoms with Crippen molar-refractivity contribution in [3.05, 3.63) is 83.2 Å². The highest BCUT2D eigenvalue weighted by Gasteiger charge is 2.32. The van der Waals surface area contributed by atoms with E-state index in [-0.39, 0.29) is 6.04 Å². The van der Waals surface area contributed by atoms with Crippen molar-refractivity contribution in [2.75, 3.05) is 20.8 Å². The molecule has 1 atom stereocenters. The number of hydrogen-bond donors (Lipinski definition) is 0. The fourth-order valence-electron chi connectivity index (χ4n) is 4.26. The molecular formula is C24H25F3N2O2. The Kier molecular flexibility index (Phi) is 5.96. The van der Waals surface area contributed by atoms with Gasteiger partial charge in [-0.05, 0) is 47.9 Å². The van der Waals surface area contributed by atoms with Crippen LogP contribution in [-0.2, 0) is 19.3 Å². The third-order valence-electron chi connectivity index (χ3n) is 5.68. The van der Waals surface area contributed by atoms with E-state index in [1.54, 1.807) is 20.3 Å². The maximum Gasteiger partial charge on any atom is 0.416 e. The first-order valence-electron chi connectivity index (χ1n) is 10.2. The van der Waals surface area contributed by atoms with Gasteiger partial charge in [0.1, 0.15) is 11.5 Å². The van der Waals surface area contributed by atoms with Crippen molar-refractivity contribution in [1.82, 2.24) is 9.47 Å². The normalized spacial score (nSPS) is 17.1. The highest BCUT2D eigenvalue weighted by Crippen LogP contribution is 2.37. The van der Waals surface area contributed by atoms with Crippen LogP contribution in [0.5, 0.6) is 11.5 Å². The first-order valence-corrected chi connectivity index (χ1v) is 10.2. The Morgan fingerprint density at radius 3 is 2.35 bits per heavy atom. The van der Waals surface area contributed by atoms with E-state index in [0.29, 0.717) is 23.6 Å². The van der Waals surface area contributed by atoms with Gasteiger partial charge in [0, 0.05) is 37.6 Å². The van der Waals surface area contributed by atoms with E-state index >= 15 is 0 Å². The van der Waals surface area contributed by atoms with Crippen LogP contribution < -0.4 is 9.47 Å². The van der Waals surface area contributed by atoms with Crippen molar-refractivity contribution >= 4 is 0 Å². The lowest BCUT2D eigenvalue weighted by Gasteiger charge is -2.31. The second-order valence-electron chi connectivity index (χ2n) is 7.70. The minimum atomic E-state index is -4.36. The molecule has 2 aromatic carbocycles. The van der Waals surface area contributed by atoms with Crippen LogP contribution in [0.4, 0.5) is 13.2 Å². The van der Waals surface area contributed by atoms with E-state index in [4.69, 9.17) is 9.47 Å². The Hall–Kier alpha value is -2.93. The Balaban J connectivity index is 1.76. The molecule has 0 aliphatic carbocycles. The highest BCUT2D eigenvalue weighted by atomic mass is 19.4. The molecule has 2 heterocycles. The van der Waals surface area contributed by atoms with E-state index in [1.807, 2.05) is 30.5 Å². The minimum Gasteiger partial charge on any atom is -0.497 e. The number of hydrogen-bond acceptors (Lipinski definition) is 3. The monoisotopic (exact) mass is 430 g/mol. The van der Waals surface area contributed by atoms with E-state index in [0.717, 1.165) is 36.8 Å². The van der Waals surface area contributed by atoms with Gasteiger partial charge in [0.2, 0.25) is 0 Å². The Morgan fingerprint density at radius 1 is 0.935 bits per heavy atom. The summed E-state index contributed by atoms with van der Waals surface area (Å²) in [5, 5.41) is 0. The third kappa shape index (κ3) is 4.56. The Morgan fingerprint density at radius 2 is 1.68 bits per heavy atom. The topological polar surface area (TPSA) is 26.6 Å². The molecule has 4 nitrogen and oxygen atoms in total. The fourth-order valence-corrected chi connectivity index (χ4v) is 4.26. The molecule has 0 N–H and O–H groups in total. The van der Waals surface area contributed by atoms with Crippen molar-refractivity contribution in [3.8, 4) is 11.5 Å². The summed E-state index contributed by atoms with van der Waals surface area (Å²) in [7, 11) is 3.21. The van der Waals surface area contributed by atoms with Crippen LogP contribution in [-0.4, -0.2) is 30.2 Å². The van der Waals surface area contributed by atoms with Gasteiger partial charge in [-0.1, -0.05) is 18.2 Å². The molecule has 0 bridgehead atoms. The van der Waals surface area contributed by atoms with Crippen LogP contribution in [0.1, 0.15) is 34.8 Å². The quantitative estimate of drug-likeness (QED) is 0.533. The number of rotatable bonds is 5. The van der Waals surface area contributed by atoms with E-state index in [1.165, 1.54) is 12.1 Å². The molecule has 1 unspecified atom stereocenters. The number of aryl methyl sites for hydroxylation is 1. The second kappa shape index (κ2) is 8.67. The Labute approximate surface area is 179 Å². The van der Waals surface area contributed by atoms with E-state index in [2.05, 4.69) is 15.5 Å². The molecule has 0 saturated carbocycles. The molecular weight excluding hydrogens is 405 g/mol. The summed E-state index contributed by atoms with van der Waals surface area (Å²) in [5.41, 5.74) is 2.09. The maximum absolute atomic E-state index is 13.2. The molecule has 1 aliphatic rings. The van der Waals surface area contributed by atoms with Crippen LogP contribution in [0.3, 0.4) is 0 Å². The van der Waals surface area contributed by atoms with Gasteiger partial charge in [-0.3, -0.25) is 4.90 Å². The second-order valence-corrected chi connectivity index (χ2v) is 7.70. The predicted molar refractivity (Wildman–Crippen MR) is 112 cm³/mol. The molecule has 0 radical (unpaired) electrons. The van der Waals surface area contributed by atoms with Gasteiger partial charge in [-0.15, -0.1) is 0 Å². The summed E-state index contributed by atoms with van der Waals surface area (Å²) in [6.07, 6.45) is -1.41. The van der Waals surface area contributed by atoms with Gasteiger partial charge < -0.3 is 14.0 Å². The average Bonchev–Trinajstić information content (AvgIpc) is 3.14. The third-order valence-corrected chi connectivity index (χ3v) is 5.68. The van der Waals surface area contributed by atoms with E-state index in [9.17, 15) is 13.2 Å². The van der Waals surface area contributed by atoms with Gasteiger partial charge in [-0.2, -0.15) is 13.2 Å². The summed E-state index contributed by atoms with van der Waals surface area (Å²) in [4.78, 5) is 2.22. The Bertz CT molecular complexity index is 1020. The van der Waals surface area contributed by atoms with Gasteiger partial charge in [0.25, 0.3) is 0 Å². The molecule has 164 valence electrons. The molecule has 0 amide bonds. The van der Waals surface area contributed by atoms with Crippen LogP contribution in [0.2, 0.25) is 0 Å². The van der Waals surface area contributed by atoms with Gasteiger partial charge in [0.15, 0.2) is 0 Å². The first kappa shape index (κ1) is 21.3. The molecule has 0 fully saturated rings. The number of aromatic nitrogens is 1. The molecule has 3 aromatic rings. The van der Waals surface area contributed by atoms with Gasteiger partial charge >= 0.3 is 6.18 Å². The minimum absolute atomic E-state index is 0.143. The lowest BCUT2D eigenvalue weighted by Crippen LogP contribution is -2.29. The standard InChI is InChI=1S/C24H25F3N2O2/c1-30-20-13-18(14-21(15-20)31-2)23-22-8-4-9-28(22)10-5-11-29(23)16-17-6-3-7-19(12-17)24(25,26)27/h3-4,6-9,12-15,23H,5,10-11,16H2,1-2H3. The summed E-state index contributed by atoms with van der Waals surface area (Å²) in [6, 6.07) is 15.3. The molecule has 0 spiro atoms. The van der Waals surface area contributed by atoms with Crippen molar-refractivity contribution in [3.63, 3.8) is 0 Å². The summed E-state index contributed by atoms with van der Waals surface area (Å²) < 4.78 is 52.8. The average molecular weight is 430 g/mol. The molecule has 7 heteroatoms. The molecule has 0 saturated heterocycles. The van der Waals surface area contributed by atoms with Crippen LogP contribution in [0.15, 0.2) is 60.8 Å². The zero-order valence-corrected chi connectivity index (χ0v) is 17.5. The summed E-state index contributed by atoms with van der Waals surface area (Å²) in [6.45, 7) is 2.01. The maximum atomic E-state index is 13.2. The largest absolute Gasteiger partial charge is 0.497 e. The van der Waals surface area contributed by atoms with Crippen molar-refractivity contribution in [2.24, 2.45) is 0 Å². The number of alkyl halides is 3. The first-order chi connectivity index (χ1) is 14.9. The smallest absolute Gasteiger partial charge is 0.416 e. The number of fused-ring (bicyclic) bond motifs is 1. The molecule has 31 heavy (non-hydrogen) atoms. The molecule has 4 rings (SSSR count). The molecule has 1 aromatic heterocycles. The highest BCUT2D eigenvalue weighted by molar-refractivity contribution is 5.43. The lowest BCUT2D eigenvalue weighted by atomic mass is 10.00. The van der Waals surface area contributed by atoms with Gasteiger partial charge in [0.05, 0.1) is 25.8 Å². The number of nitrogens with zero attached hydrogens (tertiary/aromatic N) is 2. The predicted octanol–water partition coefficient (Wildman–Crippen LogP) is 5.52. The zero-order valence-electron chi connectivity index (χ0n) is 17.5. The van der Waals surface area contributed by atoms with E-state index < -0.39 is 11.7 Å². The van der Waals surface area contributed by atoms with Crippen molar-refractivity contribution < 1.29 is 22.6 Å². The summed E-state index contributed by atoms with van der Waals surface area (Å²) in [5.74, 6) is 1.35.